The van der Waals surface area contributed by atoms with Crippen LogP contribution >= 0.6 is 31.9 Å². The Morgan fingerprint density at radius 2 is 2.14 bits per heavy atom. The minimum Gasteiger partial charge on any atom is -0.271 e. The molecule has 1 rings (SSSR count). The molecule has 0 aliphatic carbocycles. The van der Waals surface area contributed by atoms with Crippen molar-refractivity contribution in [2.24, 2.45) is 7.05 Å². The molecule has 0 bridgehead atoms. The molecule has 78 valence electrons. The van der Waals surface area contributed by atoms with Gasteiger partial charge in [-0.3, -0.25) is 4.68 Å². The molecule has 1 aromatic rings. The van der Waals surface area contributed by atoms with E-state index in [2.05, 4.69) is 49.1 Å². The molecule has 2 nitrogen and oxygen atoms in total. The molecule has 0 amide bonds. The maximum absolute atomic E-state index is 4.34. The van der Waals surface area contributed by atoms with Crippen LogP contribution < -0.4 is 0 Å². The molecule has 0 saturated carbocycles. The van der Waals surface area contributed by atoms with Crippen molar-refractivity contribution in [3.05, 3.63) is 28.0 Å². The summed E-state index contributed by atoms with van der Waals surface area (Å²) in [5.41, 5.74) is 2.28. The molecule has 0 aromatic carbocycles. The average Bonchev–Trinajstić information content (AvgIpc) is 2.38. The van der Waals surface area contributed by atoms with E-state index in [0.29, 0.717) is 0 Å². The molecule has 1 aromatic heterocycles. The van der Waals surface area contributed by atoms with E-state index >= 15 is 0 Å². The van der Waals surface area contributed by atoms with E-state index in [4.69, 9.17) is 0 Å². The van der Waals surface area contributed by atoms with Crippen LogP contribution in [0.25, 0.3) is 0 Å². The molecule has 0 N–H and O–H groups in total. The quantitative estimate of drug-likeness (QED) is 0.614. The van der Waals surface area contributed by atoms with Gasteiger partial charge < -0.3 is 0 Å². The number of alkyl halides is 1. The molecule has 0 saturated heterocycles. The Labute approximate surface area is 102 Å². The fourth-order valence-electron chi connectivity index (χ4n) is 1.28. The molecule has 0 atom stereocenters. The first-order chi connectivity index (χ1) is 6.66. The predicted octanol–water partition coefficient (Wildman–Crippen LogP) is 3.37. The summed E-state index contributed by atoms with van der Waals surface area (Å²) in [6, 6.07) is 0. The maximum atomic E-state index is 4.34. The smallest absolute Gasteiger partial charge is 0.0738 e. The van der Waals surface area contributed by atoms with Crippen LogP contribution in [0.3, 0.4) is 0 Å². The predicted molar refractivity (Wildman–Crippen MR) is 66.9 cm³/mol. The molecule has 0 radical (unpaired) electrons. The van der Waals surface area contributed by atoms with E-state index in [1.807, 2.05) is 18.7 Å². The van der Waals surface area contributed by atoms with Crippen molar-refractivity contribution in [1.82, 2.24) is 9.78 Å². The second-order valence-electron chi connectivity index (χ2n) is 3.12. The number of hydrogen-bond acceptors (Lipinski definition) is 1. The number of rotatable bonds is 4. The highest BCUT2D eigenvalue weighted by Crippen LogP contribution is 2.20. The second-order valence-corrected chi connectivity index (χ2v) is 4.71. The van der Waals surface area contributed by atoms with Crippen molar-refractivity contribution in [2.75, 3.05) is 5.33 Å². The zero-order valence-electron chi connectivity index (χ0n) is 8.43. The minimum absolute atomic E-state index is 0.935. The van der Waals surface area contributed by atoms with Crippen molar-refractivity contribution >= 4 is 31.9 Å². The first-order valence-electron chi connectivity index (χ1n) is 4.55. The van der Waals surface area contributed by atoms with Crippen molar-refractivity contribution in [3.63, 3.8) is 0 Å². The average molecular weight is 322 g/mol. The first kappa shape index (κ1) is 12.0. The van der Waals surface area contributed by atoms with E-state index in [0.717, 1.165) is 28.3 Å². The third-order valence-corrected chi connectivity index (χ3v) is 3.50. The van der Waals surface area contributed by atoms with Gasteiger partial charge in [-0.2, -0.15) is 5.10 Å². The van der Waals surface area contributed by atoms with Crippen LogP contribution in [0.2, 0.25) is 0 Å². The van der Waals surface area contributed by atoms with Gasteiger partial charge in [-0.25, -0.2) is 0 Å². The number of aryl methyl sites for hydroxylation is 2. The molecule has 0 spiro atoms. The lowest BCUT2D eigenvalue weighted by Gasteiger charge is -1.97. The summed E-state index contributed by atoms with van der Waals surface area (Å²) in [5, 5.41) is 5.36. The highest BCUT2D eigenvalue weighted by atomic mass is 79.9. The molecule has 1 heterocycles. The number of halogens is 2. The van der Waals surface area contributed by atoms with Crippen LogP contribution in [0.1, 0.15) is 17.8 Å². The molecular formula is C10H14Br2N2. The van der Waals surface area contributed by atoms with E-state index in [-0.39, 0.29) is 0 Å². The highest BCUT2D eigenvalue weighted by molar-refractivity contribution is 9.10. The number of hydrogen-bond donors (Lipinski definition) is 0. The summed E-state index contributed by atoms with van der Waals surface area (Å²) >= 11 is 6.93. The third-order valence-electron chi connectivity index (χ3n) is 2.02. The van der Waals surface area contributed by atoms with Gasteiger partial charge in [0.15, 0.2) is 0 Å². The van der Waals surface area contributed by atoms with Crippen LogP contribution in [0.4, 0.5) is 0 Å². The van der Waals surface area contributed by atoms with Crippen LogP contribution in [0.5, 0.6) is 0 Å². The maximum Gasteiger partial charge on any atom is 0.0738 e. The van der Waals surface area contributed by atoms with Gasteiger partial charge in [-0.15, -0.1) is 0 Å². The Morgan fingerprint density at radius 1 is 1.43 bits per heavy atom. The molecule has 0 aliphatic rings. The lowest BCUT2D eigenvalue weighted by atomic mass is 10.2. The summed E-state index contributed by atoms with van der Waals surface area (Å²) in [6.45, 7) is 2.01. The Hall–Kier alpha value is -0.0900. The van der Waals surface area contributed by atoms with E-state index in [1.165, 1.54) is 5.69 Å². The molecule has 4 heteroatoms. The summed E-state index contributed by atoms with van der Waals surface area (Å²) in [5.74, 6) is 0. The summed E-state index contributed by atoms with van der Waals surface area (Å²) in [4.78, 5) is 0. The monoisotopic (exact) mass is 320 g/mol. The summed E-state index contributed by atoms with van der Waals surface area (Å²) < 4.78 is 3.06. The van der Waals surface area contributed by atoms with Crippen molar-refractivity contribution in [2.45, 2.75) is 19.8 Å². The van der Waals surface area contributed by atoms with E-state index in [9.17, 15) is 0 Å². The zero-order chi connectivity index (χ0) is 10.6. The van der Waals surface area contributed by atoms with Gasteiger partial charge in [0.1, 0.15) is 0 Å². The first-order valence-corrected chi connectivity index (χ1v) is 6.47. The van der Waals surface area contributed by atoms with Crippen molar-refractivity contribution < 1.29 is 0 Å². The second kappa shape index (κ2) is 5.71. The van der Waals surface area contributed by atoms with Crippen LogP contribution in [-0.4, -0.2) is 15.1 Å². The van der Waals surface area contributed by atoms with Crippen LogP contribution in [-0.2, 0) is 13.5 Å². The van der Waals surface area contributed by atoms with Crippen LogP contribution in [0, 0.1) is 6.92 Å². The molecule has 14 heavy (non-hydrogen) atoms. The lowest BCUT2D eigenvalue weighted by molar-refractivity contribution is 0.719. The Bertz CT molecular complexity index is 329. The van der Waals surface area contributed by atoms with Gasteiger partial charge in [0.2, 0.25) is 0 Å². The fraction of sp³-hybridized carbons (Fsp3) is 0.500. The summed E-state index contributed by atoms with van der Waals surface area (Å²) in [7, 11) is 1.98. The normalized spacial score (nSPS) is 11.4. The fourth-order valence-corrected chi connectivity index (χ4v) is 2.04. The van der Waals surface area contributed by atoms with E-state index in [1.54, 1.807) is 0 Å². The molecule has 0 aliphatic heterocycles. The number of aromatic nitrogens is 2. The van der Waals surface area contributed by atoms with Crippen LogP contribution in [0.15, 0.2) is 16.6 Å². The zero-order valence-corrected chi connectivity index (χ0v) is 11.6. The van der Waals surface area contributed by atoms with Gasteiger partial charge in [-0.1, -0.05) is 28.1 Å². The highest BCUT2D eigenvalue weighted by Gasteiger charge is 2.07. The topological polar surface area (TPSA) is 17.8 Å². The standard InChI is InChI=1S/C10H14Br2N2/c1-8-10(12)9(14(2)13-8)6-4-3-5-7-11/h3-4H,5-7H2,1-2H3. The van der Waals surface area contributed by atoms with E-state index < -0.39 is 0 Å². The Morgan fingerprint density at radius 3 is 2.64 bits per heavy atom. The van der Waals surface area contributed by atoms with Gasteiger partial charge >= 0.3 is 0 Å². The van der Waals surface area contributed by atoms with Gasteiger partial charge in [-0.05, 0) is 29.3 Å². The molecule has 0 fully saturated rings. The third kappa shape index (κ3) is 2.95. The Kier molecular flexibility index (Phi) is 4.89. The SMILES string of the molecule is Cc1nn(C)c(CC=CCCBr)c1Br. The van der Waals surface area contributed by atoms with Crippen molar-refractivity contribution in [1.29, 1.82) is 0 Å². The minimum atomic E-state index is 0.935. The molecule has 0 unspecified atom stereocenters. The number of allylic oxidation sites excluding steroid dienone is 2. The van der Waals surface area contributed by atoms with Crippen molar-refractivity contribution in [3.8, 4) is 0 Å². The summed E-state index contributed by atoms with van der Waals surface area (Å²) in [6.07, 6.45) is 6.38. The van der Waals surface area contributed by atoms with Gasteiger partial charge in [0, 0.05) is 18.8 Å². The van der Waals surface area contributed by atoms with Gasteiger partial charge in [0.25, 0.3) is 0 Å². The lowest BCUT2D eigenvalue weighted by Crippen LogP contribution is -1.96. The van der Waals surface area contributed by atoms with Gasteiger partial charge in [0.05, 0.1) is 15.9 Å². The number of nitrogens with zero attached hydrogens (tertiary/aromatic N) is 2. The Balaban J connectivity index is 2.67. The molecular weight excluding hydrogens is 308 g/mol. The largest absolute Gasteiger partial charge is 0.271 e.